The van der Waals surface area contributed by atoms with Crippen molar-refractivity contribution in [2.24, 2.45) is 5.41 Å². The topological polar surface area (TPSA) is 71.1 Å². The van der Waals surface area contributed by atoms with Crippen molar-refractivity contribution in [3.8, 4) is 0 Å². The molecule has 0 aliphatic heterocycles. The third-order valence-electron chi connectivity index (χ3n) is 4.12. The van der Waals surface area contributed by atoms with Gasteiger partial charge >= 0.3 is 0 Å². The van der Waals surface area contributed by atoms with Gasteiger partial charge in [0, 0.05) is 25.5 Å². The molecule has 2 aromatic rings. The zero-order valence-corrected chi connectivity index (χ0v) is 12.8. The van der Waals surface area contributed by atoms with Crippen LogP contribution in [-0.2, 0) is 22.7 Å². The number of hydrogen-bond acceptors (Lipinski definition) is 3. The molecule has 118 valence electrons. The van der Waals surface area contributed by atoms with E-state index in [4.69, 9.17) is 0 Å². The maximum absolute atomic E-state index is 12.4. The molecule has 1 aliphatic carbocycles. The van der Waals surface area contributed by atoms with Crippen LogP contribution in [0.4, 0.5) is 0 Å². The molecule has 1 aliphatic rings. The molecule has 0 spiro atoms. The molecule has 1 fully saturated rings. The second-order valence-corrected chi connectivity index (χ2v) is 5.79. The van der Waals surface area contributed by atoms with Crippen molar-refractivity contribution in [1.29, 1.82) is 0 Å². The lowest BCUT2D eigenvalue weighted by atomic mass is 10.0. The van der Waals surface area contributed by atoms with E-state index in [0.717, 1.165) is 11.1 Å². The second-order valence-electron chi connectivity index (χ2n) is 5.79. The highest BCUT2D eigenvalue weighted by Gasteiger charge is 2.56. The summed E-state index contributed by atoms with van der Waals surface area (Å²) in [6, 6.07) is 13.4. The molecule has 0 saturated heterocycles. The summed E-state index contributed by atoms with van der Waals surface area (Å²) >= 11 is 0. The standard InChI is InChI=1S/C18H19N3O2/c22-16(20-12-14-4-2-1-3-5-14)18(8-9-18)17(23)21-13-15-6-10-19-11-7-15/h1-7,10-11H,8-9,12-13H2,(H,20,22)(H,21,23). The smallest absolute Gasteiger partial charge is 0.235 e. The molecule has 5 nitrogen and oxygen atoms in total. The number of hydrogen-bond donors (Lipinski definition) is 2. The van der Waals surface area contributed by atoms with Crippen LogP contribution in [0.15, 0.2) is 54.9 Å². The van der Waals surface area contributed by atoms with Crippen LogP contribution in [-0.4, -0.2) is 16.8 Å². The number of benzene rings is 1. The Labute approximate surface area is 135 Å². The highest BCUT2D eigenvalue weighted by atomic mass is 16.2. The van der Waals surface area contributed by atoms with Crippen LogP contribution in [0.1, 0.15) is 24.0 Å². The van der Waals surface area contributed by atoms with Crippen LogP contribution >= 0.6 is 0 Å². The number of carbonyl (C=O) groups is 2. The minimum atomic E-state index is -0.887. The lowest BCUT2D eigenvalue weighted by Crippen LogP contribution is -2.42. The summed E-state index contributed by atoms with van der Waals surface area (Å²) in [4.78, 5) is 28.7. The van der Waals surface area contributed by atoms with Gasteiger partial charge in [-0.15, -0.1) is 0 Å². The van der Waals surface area contributed by atoms with E-state index in [1.54, 1.807) is 12.4 Å². The minimum Gasteiger partial charge on any atom is -0.351 e. The molecular formula is C18H19N3O2. The van der Waals surface area contributed by atoms with Crippen molar-refractivity contribution < 1.29 is 9.59 Å². The van der Waals surface area contributed by atoms with Gasteiger partial charge in [0.05, 0.1) is 0 Å². The Hall–Kier alpha value is -2.69. The van der Waals surface area contributed by atoms with Gasteiger partial charge < -0.3 is 10.6 Å². The monoisotopic (exact) mass is 309 g/mol. The van der Waals surface area contributed by atoms with E-state index < -0.39 is 5.41 Å². The lowest BCUT2D eigenvalue weighted by Gasteiger charge is -2.15. The molecule has 1 heterocycles. The van der Waals surface area contributed by atoms with E-state index in [1.165, 1.54) is 0 Å². The molecular weight excluding hydrogens is 290 g/mol. The second kappa shape index (κ2) is 6.60. The molecule has 0 atom stereocenters. The predicted molar refractivity (Wildman–Crippen MR) is 86.0 cm³/mol. The molecule has 1 aromatic carbocycles. The van der Waals surface area contributed by atoms with Crippen LogP contribution in [0, 0.1) is 5.41 Å². The number of aromatic nitrogens is 1. The number of nitrogens with zero attached hydrogens (tertiary/aromatic N) is 1. The average molecular weight is 309 g/mol. The number of rotatable bonds is 6. The van der Waals surface area contributed by atoms with Gasteiger partial charge in [-0.05, 0) is 36.1 Å². The molecule has 2 amide bonds. The van der Waals surface area contributed by atoms with Crippen LogP contribution in [0.2, 0.25) is 0 Å². The van der Waals surface area contributed by atoms with Crippen LogP contribution in [0.5, 0.6) is 0 Å². The maximum atomic E-state index is 12.4. The van der Waals surface area contributed by atoms with E-state index in [2.05, 4.69) is 15.6 Å². The summed E-state index contributed by atoms with van der Waals surface area (Å²) in [6.45, 7) is 0.855. The first-order chi connectivity index (χ1) is 11.2. The molecule has 3 rings (SSSR count). The molecule has 1 aromatic heterocycles. The number of amides is 2. The van der Waals surface area contributed by atoms with Crippen molar-refractivity contribution >= 4 is 11.8 Å². The zero-order chi connectivity index (χ0) is 16.1. The third-order valence-corrected chi connectivity index (χ3v) is 4.12. The van der Waals surface area contributed by atoms with E-state index in [-0.39, 0.29) is 11.8 Å². The summed E-state index contributed by atoms with van der Waals surface area (Å²) in [7, 11) is 0. The molecule has 23 heavy (non-hydrogen) atoms. The van der Waals surface area contributed by atoms with Gasteiger partial charge in [0.15, 0.2) is 0 Å². The van der Waals surface area contributed by atoms with Crippen LogP contribution in [0.25, 0.3) is 0 Å². The largest absolute Gasteiger partial charge is 0.351 e. The average Bonchev–Trinajstić information content (AvgIpc) is 3.41. The highest BCUT2D eigenvalue weighted by Crippen LogP contribution is 2.46. The number of pyridine rings is 1. The molecule has 1 saturated carbocycles. The van der Waals surface area contributed by atoms with Gasteiger partial charge in [-0.3, -0.25) is 14.6 Å². The van der Waals surface area contributed by atoms with Gasteiger partial charge in [0.2, 0.25) is 11.8 Å². The Morgan fingerprint density at radius 1 is 0.870 bits per heavy atom. The van der Waals surface area contributed by atoms with Gasteiger partial charge in [0.25, 0.3) is 0 Å². The molecule has 0 radical (unpaired) electrons. The summed E-state index contributed by atoms with van der Waals surface area (Å²) in [5.41, 5.74) is 1.10. The van der Waals surface area contributed by atoms with E-state index >= 15 is 0 Å². The first kappa shape index (κ1) is 15.2. The van der Waals surface area contributed by atoms with Crippen molar-refractivity contribution in [2.45, 2.75) is 25.9 Å². The Bertz CT molecular complexity index is 624. The van der Waals surface area contributed by atoms with Crippen molar-refractivity contribution in [1.82, 2.24) is 15.6 Å². The van der Waals surface area contributed by atoms with Gasteiger partial charge in [-0.25, -0.2) is 0 Å². The third kappa shape index (κ3) is 3.56. The highest BCUT2D eigenvalue weighted by molar-refractivity contribution is 6.07. The zero-order valence-electron chi connectivity index (χ0n) is 12.8. The first-order valence-corrected chi connectivity index (χ1v) is 7.70. The first-order valence-electron chi connectivity index (χ1n) is 7.70. The lowest BCUT2D eigenvalue weighted by molar-refractivity contribution is -0.137. The summed E-state index contributed by atoms with van der Waals surface area (Å²) < 4.78 is 0. The maximum Gasteiger partial charge on any atom is 0.235 e. The SMILES string of the molecule is O=C(NCc1ccccc1)C1(C(=O)NCc2ccncc2)CC1. The number of nitrogens with one attached hydrogen (secondary N) is 2. The Morgan fingerprint density at radius 3 is 1.91 bits per heavy atom. The van der Waals surface area contributed by atoms with Crippen LogP contribution < -0.4 is 10.6 Å². The van der Waals surface area contributed by atoms with Gasteiger partial charge in [-0.2, -0.15) is 0 Å². The minimum absolute atomic E-state index is 0.186. The van der Waals surface area contributed by atoms with E-state index in [1.807, 2.05) is 42.5 Å². The number of carbonyl (C=O) groups excluding carboxylic acids is 2. The van der Waals surface area contributed by atoms with E-state index in [0.29, 0.717) is 25.9 Å². The quantitative estimate of drug-likeness (QED) is 0.799. The Kier molecular flexibility index (Phi) is 4.37. The van der Waals surface area contributed by atoms with Gasteiger partial charge in [-0.1, -0.05) is 30.3 Å². The van der Waals surface area contributed by atoms with Crippen molar-refractivity contribution in [3.63, 3.8) is 0 Å². The molecule has 0 unspecified atom stereocenters. The predicted octanol–water partition coefficient (Wildman–Crippen LogP) is 1.79. The van der Waals surface area contributed by atoms with Crippen molar-refractivity contribution in [2.75, 3.05) is 0 Å². The normalized spacial score (nSPS) is 14.8. The fourth-order valence-electron chi connectivity index (χ4n) is 2.48. The fourth-order valence-corrected chi connectivity index (χ4v) is 2.48. The van der Waals surface area contributed by atoms with Gasteiger partial charge in [0.1, 0.15) is 5.41 Å². The van der Waals surface area contributed by atoms with Crippen LogP contribution in [0.3, 0.4) is 0 Å². The van der Waals surface area contributed by atoms with Crippen molar-refractivity contribution in [3.05, 3.63) is 66.0 Å². The molecule has 5 heteroatoms. The molecule has 2 N–H and O–H groups in total. The summed E-state index contributed by atoms with van der Waals surface area (Å²) in [5.74, 6) is -0.381. The Morgan fingerprint density at radius 2 is 1.39 bits per heavy atom. The summed E-state index contributed by atoms with van der Waals surface area (Å²) in [6.07, 6.45) is 4.58. The summed E-state index contributed by atoms with van der Waals surface area (Å²) in [5, 5.41) is 5.72. The fraction of sp³-hybridized carbons (Fsp3) is 0.278. The Balaban J connectivity index is 1.53. The molecule has 0 bridgehead atoms. The van der Waals surface area contributed by atoms with E-state index in [9.17, 15) is 9.59 Å².